The second-order valence-corrected chi connectivity index (χ2v) is 7.16. The summed E-state index contributed by atoms with van der Waals surface area (Å²) in [5, 5.41) is 1.05. The molecule has 5 aromatic rings. The number of carbonyl (C=O) groups excluding carboxylic acids is 1. The molecule has 0 fully saturated rings. The Morgan fingerprint density at radius 1 is 0.967 bits per heavy atom. The zero-order chi connectivity index (χ0) is 20.7. The molecule has 5 rings (SSSR count). The Hall–Kier alpha value is -4.12. The van der Waals surface area contributed by atoms with Crippen molar-refractivity contribution in [3.63, 3.8) is 0 Å². The van der Waals surface area contributed by atoms with Gasteiger partial charge in [0.15, 0.2) is 0 Å². The number of pyridine rings is 1. The Bertz CT molecular complexity index is 1370. The molecular formula is C25H19N3O2. The van der Waals surface area contributed by atoms with Crippen molar-refractivity contribution in [2.45, 2.75) is 6.92 Å². The predicted octanol–water partition coefficient (Wildman–Crippen LogP) is 5.36. The number of aromatic nitrogens is 2. The Labute approximate surface area is 173 Å². The van der Waals surface area contributed by atoms with E-state index >= 15 is 0 Å². The smallest absolute Gasteiger partial charge is 0.253 e. The van der Waals surface area contributed by atoms with Crippen LogP contribution < -0.4 is 5.73 Å². The zero-order valence-corrected chi connectivity index (χ0v) is 16.4. The summed E-state index contributed by atoms with van der Waals surface area (Å²) in [5.41, 5.74) is 11.4. The van der Waals surface area contributed by atoms with Crippen LogP contribution in [0.4, 0.5) is 0 Å². The number of nitrogens with zero attached hydrogens (tertiary/aromatic N) is 2. The van der Waals surface area contributed by atoms with Crippen LogP contribution in [0.5, 0.6) is 0 Å². The maximum absolute atomic E-state index is 12.5. The van der Waals surface area contributed by atoms with E-state index in [1.807, 2.05) is 67.6 Å². The van der Waals surface area contributed by atoms with Crippen LogP contribution in [0.3, 0.4) is 0 Å². The third kappa shape index (κ3) is 2.88. The van der Waals surface area contributed by atoms with Crippen LogP contribution in [0.15, 0.2) is 89.7 Å². The molecule has 0 bridgehead atoms. The van der Waals surface area contributed by atoms with Gasteiger partial charge in [-0.3, -0.25) is 9.78 Å². The first-order chi connectivity index (χ1) is 14.6. The Balaban J connectivity index is 1.75. The van der Waals surface area contributed by atoms with Crippen molar-refractivity contribution in [3.05, 3.63) is 96.5 Å². The maximum atomic E-state index is 12.5. The quantitative estimate of drug-likeness (QED) is 0.447. The van der Waals surface area contributed by atoms with Crippen molar-refractivity contribution in [1.29, 1.82) is 0 Å². The van der Waals surface area contributed by atoms with Crippen LogP contribution in [-0.4, -0.2) is 15.5 Å². The van der Waals surface area contributed by atoms with Crippen molar-refractivity contribution >= 4 is 16.8 Å². The average Bonchev–Trinajstić information content (AvgIpc) is 3.40. The molecule has 3 aromatic heterocycles. The lowest BCUT2D eigenvalue weighted by atomic mass is 10.0. The fourth-order valence-corrected chi connectivity index (χ4v) is 3.96. The van der Waals surface area contributed by atoms with Gasteiger partial charge in [-0.2, -0.15) is 0 Å². The number of benzene rings is 2. The molecule has 0 saturated carbocycles. The summed E-state index contributed by atoms with van der Waals surface area (Å²) in [4.78, 5) is 17.0. The molecule has 0 aliphatic carbocycles. The van der Waals surface area contributed by atoms with E-state index in [1.54, 1.807) is 12.5 Å². The first-order valence-electron chi connectivity index (χ1n) is 9.64. The number of rotatable bonds is 4. The summed E-state index contributed by atoms with van der Waals surface area (Å²) < 4.78 is 7.58. The average molecular weight is 393 g/mol. The predicted molar refractivity (Wildman–Crippen MR) is 117 cm³/mol. The van der Waals surface area contributed by atoms with E-state index in [1.165, 1.54) is 0 Å². The van der Waals surface area contributed by atoms with Crippen molar-refractivity contribution < 1.29 is 9.21 Å². The Morgan fingerprint density at radius 3 is 2.53 bits per heavy atom. The molecular weight excluding hydrogens is 374 g/mol. The molecule has 2 aromatic carbocycles. The monoisotopic (exact) mass is 393 g/mol. The molecule has 0 atom stereocenters. The summed E-state index contributed by atoms with van der Waals surface area (Å²) >= 11 is 0. The van der Waals surface area contributed by atoms with Gasteiger partial charge in [0.05, 0.1) is 28.7 Å². The minimum Gasteiger partial charge on any atom is -0.464 e. The maximum Gasteiger partial charge on any atom is 0.253 e. The number of hydrogen-bond donors (Lipinski definition) is 1. The Kier molecular flexibility index (Phi) is 4.21. The molecule has 0 radical (unpaired) electrons. The van der Waals surface area contributed by atoms with Gasteiger partial charge in [-0.1, -0.05) is 30.3 Å². The molecule has 0 spiro atoms. The van der Waals surface area contributed by atoms with E-state index in [0.29, 0.717) is 11.3 Å². The number of fused-ring (bicyclic) bond motifs is 1. The van der Waals surface area contributed by atoms with E-state index in [0.717, 1.165) is 39.2 Å². The van der Waals surface area contributed by atoms with Gasteiger partial charge in [-0.25, -0.2) is 0 Å². The number of hydrogen-bond acceptors (Lipinski definition) is 3. The van der Waals surface area contributed by atoms with Crippen molar-refractivity contribution in [2.24, 2.45) is 5.73 Å². The van der Waals surface area contributed by atoms with Crippen LogP contribution in [0.1, 0.15) is 16.1 Å². The van der Waals surface area contributed by atoms with E-state index in [9.17, 15) is 4.79 Å². The molecule has 5 nitrogen and oxygen atoms in total. The van der Waals surface area contributed by atoms with Crippen LogP contribution in [0, 0.1) is 6.92 Å². The molecule has 146 valence electrons. The summed E-state index contributed by atoms with van der Waals surface area (Å²) in [5.74, 6) is 0.306. The number of carbonyl (C=O) groups is 1. The Morgan fingerprint density at radius 2 is 1.80 bits per heavy atom. The number of nitrogens with two attached hydrogens (primary N) is 1. The molecule has 0 aliphatic heterocycles. The van der Waals surface area contributed by atoms with Crippen LogP contribution >= 0.6 is 0 Å². The highest BCUT2D eigenvalue weighted by molar-refractivity contribution is 6.03. The van der Waals surface area contributed by atoms with E-state index < -0.39 is 5.91 Å². The lowest BCUT2D eigenvalue weighted by Gasteiger charge is -2.15. The van der Waals surface area contributed by atoms with Gasteiger partial charge in [-0.15, -0.1) is 0 Å². The molecule has 0 unspecified atom stereocenters. The normalized spacial score (nSPS) is 11.1. The topological polar surface area (TPSA) is 74.1 Å². The molecule has 2 N–H and O–H groups in total. The second kappa shape index (κ2) is 7.04. The van der Waals surface area contributed by atoms with E-state index in [-0.39, 0.29) is 0 Å². The highest BCUT2D eigenvalue weighted by Crippen LogP contribution is 2.32. The highest BCUT2D eigenvalue weighted by Gasteiger charge is 2.20. The van der Waals surface area contributed by atoms with Gasteiger partial charge >= 0.3 is 0 Å². The molecule has 30 heavy (non-hydrogen) atoms. The van der Waals surface area contributed by atoms with Crippen LogP contribution in [0.25, 0.3) is 39.2 Å². The first-order valence-corrected chi connectivity index (χ1v) is 9.64. The SMILES string of the molecule is Cc1cc2cc(-c3ccco3)ccc2n1-c1ccnc(-c2ccccc2)c1C(N)=O. The van der Waals surface area contributed by atoms with Crippen molar-refractivity contribution in [2.75, 3.05) is 0 Å². The number of amides is 1. The van der Waals surface area contributed by atoms with Crippen molar-refractivity contribution in [3.8, 4) is 28.3 Å². The van der Waals surface area contributed by atoms with Gasteiger partial charge < -0.3 is 14.7 Å². The number of primary amides is 1. The minimum absolute atomic E-state index is 0.402. The van der Waals surface area contributed by atoms with Gasteiger partial charge in [0.25, 0.3) is 5.91 Å². The summed E-state index contributed by atoms with van der Waals surface area (Å²) in [7, 11) is 0. The second-order valence-electron chi connectivity index (χ2n) is 7.16. The number of furan rings is 1. The summed E-state index contributed by atoms with van der Waals surface area (Å²) in [6.45, 7) is 2.01. The van der Waals surface area contributed by atoms with Gasteiger partial charge in [-0.05, 0) is 49.4 Å². The third-order valence-corrected chi connectivity index (χ3v) is 5.25. The minimum atomic E-state index is -0.509. The first kappa shape index (κ1) is 17.9. The highest BCUT2D eigenvalue weighted by atomic mass is 16.3. The molecule has 0 saturated heterocycles. The summed E-state index contributed by atoms with van der Waals surface area (Å²) in [6.07, 6.45) is 3.38. The van der Waals surface area contributed by atoms with Gasteiger partial charge in [0.1, 0.15) is 5.76 Å². The zero-order valence-electron chi connectivity index (χ0n) is 16.4. The van der Waals surface area contributed by atoms with E-state index in [2.05, 4.69) is 21.7 Å². The van der Waals surface area contributed by atoms with Crippen molar-refractivity contribution in [1.82, 2.24) is 9.55 Å². The third-order valence-electron chi connectivity index (χ3n) is 5.25. The lowest BCUT2D eigenvalue weighted by Crippen LogP contribution is -2.17. The van der Waals surface area contributed by atoms with E-state index in [4.69, 9.17) is 10.2 Å². The standard InChI is InChI=1S/C25H19N3O2/c1-16-14-19-15-18(22-8-5-13-30-22)9-10-20(19)28(16)21-11-12-27-24(23(21)25(26)29)17-6-3-2-4-7-17/h2-15H,1H3,(H2,26,29). The molecule has 5 heteroatoms. The molecule has 3 heterocycles. The van der Waals surface area contributed by atoms with Crippen LogP contribution in [-0.2, 0) is 0 Å². The molecule has 0 aliphatic rings. The van der Waals surface area contributed by atoms with Gasteiger partial charge in [0.2, 0.25) is 0 Å². The van der Waals surface area contributed by atoms with Crippen LogP contribution in [0.2, 0.25) is 0 Å². The van der Waals surface area contributed by atoms with Gasteiger partial charge in [0, 0.05) is 28.4 Å². The summed E-state index contributed by atoms with van der Waals surface area (Å²) in [6, 6.07) is 23.5. The fraction of sp³-hybridized carbons (Fsp3) is 0.0400. The largest absolute Gasteiger partial charge is 0.464 e. The lowest BCUT2D eigenvalue weighted by molar-refractivity contribution is 0.100. The molecule has 1 amide bonds. The number of aryl methyl sites for hydroxylation is 1. The fourth-order valence-electron chi connectivity index (χ4n) is 3.96.